The zero-order chi connectivity index (χ0) is 80.2. The number of unbranched alkanes of at least 4 members (excludes halogenated alkanes) is 52. The molecule has 0 aliphatic heterocycles. The molecule has 0 bridgehead atoms. The van der Waals surface area contributed by atoms with Crippen LogP contribution in [0.25, 0.3) is 0 Å². The van der Waals surface area contributed by atoms with Crippen LogP contribution < -0.4 is 0 Å². The summed E-state index contributed by atoms with van der Waals surface area (Å²) in [6.07, 6.45) is 69.7. The third kappa shape index (κ3) is 82.4. The van der Waals surface area contributed by atoms with Crippen LogP contribution in [-0.4, -0.2) is 96.7 Å². The zero-order valence-electron chi connectivity index (χ0n) is 72.2. The average molecular weight is 1590 g/mol. The second kappa shape index (κ2) is 78.6. The number of rotatable bonds is 87. The fourth-order valence-corrected chi connectivity index (χ4v) is 15.6. The molecule has 0 rings (SSSR count). The quantitative estimate of drug-likeness (QED) is 0.0222. The van der Waals surface area contributed by atoms with Gasteiger partial charge in [0.2, 0.25) is 0 Å². The Morgan fingerprint density at radius 3 is 0.651 bits per heavy atom. The molecule has 6 atom stereocenters. The fraction of sp³-hybridized carbons (Fsp3) is 0.956. The number of phosphoric acid groups is 2. The van der Waals surface area contributed by atoms with Gasteiger partial charge in [-0.15, -0.1) is 0 Å². The number of phosphoric ester groups is 2. The van der Waals surface area contributed by atoms with E-state index < -0.39 is 97.5 Å². The van der Waals surface area contributed by atoms with Crippen LogP contribution in [0.3, 0.4) is 0 Å². The van der Waals surface area contributed by atoms with Crippen LogP contribution in [-0.2, 0) is 65.4 Å². The zero-order valence-corrected chi connectivity index (χ0v) is 74.0. The van der Waals surface area contributed by atoms with E-state index in [0.717, 1.165) is 114 Å². The predicted molar refractivity (Wildman–Crippen MR) is 451 cm³/mol. The van der Waals surface area contributed by atoms with Gasteiger partial charge in [0.1, 0.15) is 19.3 Å². The van der Waals surface area contributed by atoms with E-state index in [1.54, 1.807) is 0 Å². The molecule has 3 N–H and O–H groups in total. The van der Waals surface area contributed by atoms with Crippen LogP contribution in [0.4, 0.5) is 0 Å². The van der Waals surface area contributed by atoms with E-state index in [-0.39, 0.29) is 25.7 Å². The number of ether oxygens (including phenoxy) is 4. The molecule has 0 heterocycles. The van der Waals surface area contributed by atoms with Gasteiger partial charge in [-0.3, -0.25) is 37.3 Å². The van der Waals surface area contributed by atoms with Crippen molar-refractivity contribution in [2.24, 2.45) is 23.7 Å². The molecule has 0 aliphatic rings. The monoisotopic (exact) mass is 1590 g/mol. The number of hydrogen-bond donors (Lipinski definition) is 3. The summed E-state index contributed by atoms with van der Waals surface area (Å²) in [5.41, 5.74) is 0. The normalized spacial score (nSPS) is 14.1. The highest BCUT2D eigenvalue weighted by atomic mass is 31.2. The Kier molecular flexibility index (Phi) is 77.2. The average Bonchev–Trinajstić information content (AvgIpc) is 0.898. The predicted octanol–water partition coefficient (Wildman–Crippen LogP) is 27.5. The van der Waals surface area contributed by atoms with Gasteiger partial charge in [-0.1, -0.05) is 421 Å². The van der Waals surface area contributed by atoms with Crippen molar-refractivity contribution < 1.29 is 80.2 Å². The van der Waals surface area contributed by atoms with Crippen molar-refractivity contribution in [1.82, 2.24) is 0 Å². The maximum Gasteiger partial charge on any atom is 0.472 e. The van der Waals surface area contributed by atoms with Crippen molar-refractivity contribution >= 4 is 39.5 Å². The SMILES string of the molecule is CCC(C)CCCCCCCCCCCCCCCCCCCCC(=O)OC[C@H](COP(=O)(O)OCC(O)COP(=O)(O)OC[C@@H](COC(=O)CCCCCCCCC(C)C)OC(=O)CCCCCCCCCCCCCCCCCCCCC(C)C)OC(=O)CCCCCCCCCCCCCCCCC(C)C. The molecule has 0 aromatic rings. The van der Waals surface area contributed by atoms with Gasteiger partial charge in [0.15, 0.2) is 12.2 Å². The van der Waals surface area contributed by atoms with Crippen molar-refractivity contribution in [2.45, 2.75) is 491 Å². The second-order valence-electron chi connectivity index (χ2n) is 34.0. The lowest BCUT2D eigenvalue weighted by molar-refractivity contribution is -0.161. The van der Waals surface area contributed by atoms with Gasteiger partial charge >= 0.3 is 39.5 Å². The summed E-state index contributed by atoms with van der Waals surface area (Å²) in [4.78, 5) is 73.3. The number of carbonyl (C=O) groups excluding carboxylic acids is 4. The van der Waals surface area contributed by atoms with Crippen LogP contribution in [0.2, 0.25) is 0 Å². The van der Waals surface area contributed by atoms with Gasteiger partial charge in [0.25, 0.3) is 0 Å². The lowest BCUT2D eigenvalue weighted by atomic mass is 9.99. The summed E-state index contributed by atoms with van der Waals surface area (Å²) in [6, 6.07) is 0. The first kappa shape index (κ1) is 107. The van der Waals surface area contributed by atoms with Crippen LogP contribution in [0.15, 0.2) is 0 Å². The Labute approximate surface area is 670 Å². The van der Waals surface area contributed by atoms with Crippen molar-refractivity contribution in [3.8, 4) is 0 Å². The Morgan fingerprint density at radius 1 is 0.257 bits per heavy atom. The first-order chi connectivity index (χ1) is 52.6. The van der Waals surface area contributed by atoms with Crippen molar-refractivity contribution in [2.75, 3.05) is 39.6 Å². The lowest BCUT2D eigenvalue weighted by Gasteiger charge is -2.21. The van der Waals surface area contributed by atoms with Gasteiger partial charge in [-0.05, 0) is 49.4 Å². The molecule has 0 amide bonds. The minimum atomic E-state index is -4.97. The molecule has 109 heavy (non-hydrogen) atoms. The van der Waals surface area contributed by atoms with Crippen LogP contribution >= 0.6 is 15.6 Å². The van der Waals surface area contributed by atoms with E-state index >= 15 is 0 Å². The van der Waals surface area contributed by atoms with Crippen molar-refractivity contribution in [1.29, 1.82) is 0 Å². The second-order valence-corrected chi connectivity index (χ2v) is 36.9. The molecule has 0 saturated heterocycles. The lowest BCUT2D eigenvalue weighted by Crippen LogP contribution is -2.30. The third-order valence-corrected chi connectivity index (χ3v) is 23.3. The van der Waals surface area contributed by atoms with Gasteiger partial charge in [0, 0.05) is 25.7 Å². The summed E-state index contributed by atoms with van der Waals surface area (Å²) in [7, 11) is -9.93. The first-order valence-electron chi connectivity index (χ1n) is 46.2. The Hall–Kier alpha value is -1.94. The van der Waals surface area contributed by atoms with Gasteiger partial charge in [-0.25, -0.2) is 9.13 Å². The molecule has 0 radical (unpaired) electrons. The largest absolute Gasteiger partial charge is 0.472 e. The Bertz CT molecular complexity index is 2110. The molecular formula is C90H176O17P2. The van der Waals surface area contributed by atoms with Gasteiger partial charge < -0.3 is 33.8 Å². The Balaban J connectivity index is 5.18. The topological polar surface area (TPSA) is 237 Å². The van der Waals surface area contributed by atoms with Gasteiger partial charge in [-0.2, -0.15) is 0 Å². The first-order valence-corrected chi connectivity index (χ1v) is 49.2. The standard InChI is InChI=1S/C90H176O17P2/c1-9-83(8)69-61-53-44-38-32-26-19-15-11-13-16-20-27-33-39-45-54-62-70-87(92)100-76-85(106-89(94)72-65-57-47-41-35-29-23-22-25-31-37-43-51-59-67-81(4)5)78-104-108(96,97)102-74-84(91)75-103-109(98,99)105-79-86(77-101-88(93)71-63-55-49-48-52-60-68-82(6)7)107-90(95)73-64-56-46-40-34-28-21-17-12-10-14-18-24-30-36-42-50-58-66-80(2)3/h80-86,91H,9-79H2,1-8H3,(H,96,97)(H,98,99)/t83?,84?,85-,86-/m1/s1. The molecular weight excluding hydrogens is 1410 g/mol. The number of hydrogen-bond acceptors (Lipinski definition) is 15. The summed E-state index contributed by atoms with van der Waals surface area (Å²) >= 11 is 0. The van der Waals surface area contributed by atoms with E-state index in [0.29, 0.717) is 31.6 Å². The number of carbonyl (C=O) groups is 4. The minimum absolute atomic E-state index is 0.107. The molecule has 0 aromatic carbocycles. The van der Waals surface area contributed by atoms with E-state index in [2.05, 4.69) is 55.4 Å². The smallest absolute Gasteiger partial charge is 0.462 e. The molecule has 0 saturated carbocycles. The van der Waals surface area contributed by atoms with Crippen molar-refractivity contribution in [3.63, 3.8) is 0 Å². The van der Waals surface area contributed by atoms with Crippen LogP contribution in [0.1, 0.15) is 473 Å². The number of esters is 4. The van der Waals surface area contributed by atoms with Crippen LogP contribution in [0, 0.1) is 23.7 Å². The summed E-state index contributed by atoms with van der Waals surface area (Å²) < 4.78 is 69.0. The highest BCUT2D eigenvalue weighted by Crippen LogP contribution is 2.45. The van der Waals surface area contributed by atoms with E-state index in [9.17, 15) is 43.2 Å². The van der Waals surface area contributed by atoms with Gasteiger partial charge in [0.05, 0.1) is 26.4 Å². The third-order valence-electron chi connectivity index (χ3n) is 21.4. The van der Waals surface area contributed by atoms with E-state index in [1.165, 1.54) is 270 Å². The fourth-order valence-electron chi connectivity index (χ4n) is 14.0. The maximum absolute atomic E-state index is 13.2. The summed E-state index contributed by atoms with van der Waals surface area (Å²) in [6.45, 7) is 14.3. The van der Waals surface area contributed by atoms with Crippen molar-refractivity contribution in [3.05, 3.63) is 0 Å². The van der Waals surface area contributed by atoms with E-state index in [1.807, 2.05) is 0 Å². The molecule has 648 valence electrons. The molecule has 17 nitrogen and oxygen atoms in total. The van der Waals surface area contributed by atoms with Crippen LogP contribution in [0.5, 0.6) is 0 Å². The minimum Gasteiger partial charge on any atom is -0.462 e. The van der Waals surface area contributed by atoms with E-state index in [4.69, 9.17) is 37.0 Å². The molecule has 0 aromatic heterocycles. The highest BCUT2D eigenvalue weighted by Gasteiger charge is 2.31. The highest BCUT2D eigenvalue weighted by molar-refractivity contribution is 7.47. The molecule has 0 spiro atoms. The summed E-state index contributed by atoms with van der Waals surface area (Å²) in [5, 5.41) is 10.7. The molecule has 4 unspecified atom stereocenters. The molecule has 19 heteroatoms. The number of aliphatic hydroxyl groups excluding tert-OH is 1. The Morgan fingerprint density at radius 2 is 0.440 bits per heavy atom. The molecule has 0 fully saturated rings. The number of aliphatic hydroxyl groups is 1. The molecule has 0 aliphatic carbocycles. The maximum atomic E-state index is 13.2. The summed E-state index contributed by atoms with van der Waals surface area (Å²) in [5.74, 6) is 1.06.